The topological polar surface area (TPSA) is 67.8 Å². The number of nitrogens with one attached hydrogen (secondary N) is 1. The summed E-state index contributed by atoms with van der Waals surface area (Å²) in [5.41, 5.74) is 7.22. The molecule has 0 saturated carbocycles. The van der Waals surface area contributed by atoms with E-state index in [1.807, 2.05) is 25.3 Å². The number of nitrogens with two attached hydrogens (primary N) is 1. The van der Waals surface area contributed by atoms with Gasteiger partial charge in [0.1, 0.15) is 11.5 Å². The normalized spacial score (nSPS) is 10.5. The van der Waals surface area contributed by atoms with Crippen LogP contribution in [0, 0.1) is 0 Å². The minimum Gasteiger partial charge on any atom is -0.428 e. The molecule has 2 heterocycles. The average molecular weight is 177 g/mol. The summed E-state index contributed by atoms with van der Waals surface area (Å²) < 4.78 is 5.23. The van der Waals surface area contributed by atoms with Crippen molar-refractivity contribution < 1.29 is 4.42 Å². The summed E-state index contributed by atoms with van der Waals surface area (Å²) >= 11 is 0. The molecule has 13 heavy (non-hydrogen) atoms. The van der Waals surface area contributed by atoms with Crippen molar-refractivity contribution >= 4 is 6.01 Å². The van der Waals surface area contributed by atoms with E-state index < -0.39 is 0 Å². The third-order valence-electron chi connectivity index (χ3n) is 1.89. The number of H-pyrrole nitrogens is 1. The first-order valence-corrected chi connectivity index (χ1v) is 4.20. The number of nitrogen functional groups attached to an aromatic ring is 1. The number of nitrogens with zero attached hydrogens (tertiary/aromatic N) is 1. The summed E-state index contributed by atoms with van der Waals surface area (Å²) in [5, 5.41) is 0. The molecular formula is C9H11N3O. The van der Waals surface area contributed by atoms with Gasteiger partial charge in [-0.25, -0.2) is 0 Å². The van der Waals surface area contributed by atoms with Crippen LogP contribution in [0.5, 0.6) is 0 Å². The van der Waals surface area contributed by atoms with Gasteiger partial charge in [-0.15, -0.1) is 0 Å². The number of rotatable bonds is 2. The molecule has 2 rings (SSSR count). The first-order chi connectivity index (χ1) is 6.31. The summed E-state index contributed by atoms with van der Waals surface area (Å²) in [6.45, 7) is 2.01. The smallest absolute Gasteiger partial charge is 0.292 e. The highest BCUT2D eigenvalue weighted by molar-refractivity contribution is 5.58. The fourth-order valence-corrected chi connectivity index (χ4v) is 1.30. The van der Waals surface area contributed by atoms with Crippen LogP contribution in [0.4, 0.5) is 6.01 Å². The van der Waals surface area contributed by atoms with E-state index in [9.17, 15) is 0 Å². The van der Waals surface area contributed by atoms with Crippen molar-refractivity contribution in [1.29, 1.82) is 0 Å². The SMILES string of the molecule is CCc1oc(N)nc1-c1ccc[nH]1. The number of oxazole rings is 1. The third-order valence-corrected chi connectivity index (χ3v) is 1.89. The predicted octanol–water partition coefficient (Wildman–Crippen LogP) is 1.81. The summed E-state index contributed by atoms with van der Waals surface area (Å²) in [5.74, 6) is 0.819. The van der Waals surface area contributed by atoms with Crippen molar-refractivity contribution in [2.45, 2.75) is 13.3 Å². The van der Waals surface area contributed by atoms with Crippen LogP contribution in [0.15, 0.2) is 22.7 Å². The van der Waals surface area contributed by atoms with Gasteiger partial charge in [0.05, 0.1) is 5.69 Å². The molecule has 68 valence electrons. The second-order valence-corrected chi connectivity index (χ2v) is 2.76. The Hall–Kier alpha value is -1.71. The van der Waals surface area contributed by atoms with Crippen molar-refractivity contribution in [1.82, 2.24) is 9.97 Å². The van der Waals surface area contributed by atoms with Crippen LogP contribution in [0.3, 0.4) is 0 Å². The molecule has 0 bridgehead atoms. The lowest BCUT2D eigenvalue weighted by atomic mass is 10.2. The Bertz CT molecular complexity index is 389. The average Bonchev–Trinajstić information content (AvgIpc) is 2.71. The van der Waals surface area contributed by atoms with Crippen LogP contribution in [-0.2, 0) is 6.42 Å². The fourth-order valence-electron chi connectivity index (χ4n) is 1.30. The Labute approximate surface area is 75.8 Å². The molecule has 0 aliphatic heterocycles. The van der Waals surface area contributed by atoms with Crippen molar-refractivity contribution in [2.24, 2.45) is 0 Å². The highest BCUT2D eigenvalue weighted by Crippen LogP contribution is 2.23. The van der Waals surface area contributed by atoms with Crippen molar-refractivity contribution in [3.8, 4) is 11.4 Å². The Kier molecular flexibility index (Phi) is 1.81. The van der Waals surface area contributed by atoms with Gasteiger partial charge < -0.3 is 15.1 Å². The molecule has 0 spiro atoms. The molecule has 0 fully saturated rings. The molecule has 2 aromatic rings. The second-order valence-electron chi connectivity index (χ2n) is 2.76. The standard InChI is InChI=1S/C9H11N3O/c1-2-7-8(12-9(10)13-7)6-4-3-5-11-6/h3-5,11H,2H2,1H3,(H2,10,12). The van der Waals surface area contributed by atoms with Gasteiger partial charge in [0.2, 0.25) is 0 Å². The maximum atomic E-state index is 5.47. The van der Waals surface area contributed by atoms with Crippen molar-refractivity contribution in [2.75, 3.05) is 5.73 Å². The zero-order chi connectivity index (χ0) is 9.26. The van der Waals surface area contributed by atoms with E-state index in [1.54, 1.807) is 0 Å². The Morgan fingerprint density at radius 1 is 1.62 bits per heavy atom. The van der Waals surface area contributed by atoms with E-state index in [1.165, 1.54) is 0 Å². The van der Waals surface area contributed by atoms with E-state index in [0.29, 0.717) is 0 Å². The van der Waals surface area contributed by atoms with Crippen LogP contribution in [0.1, 0.15) is 12.7 Å². The quantitative estimate of drug-likeness (QED) is 0.735. The Morgan fingerprint density at radius 3 is 3.08 bits per heavy atom. The lowest BCUT2D eigenvalue weighted by molar-refractivity contribution is 0.530. The third kappa shape index (κ3) is 1.30. The van der Waals surface area contributed by atoms with Crippen molar-refractivity contribution in [3.05, 3.63) is 24.1 Å². The van der Waals surface area contributed by atoms with E-state index in [0.717, 1.165) is 23.6 Å². The molecule has 0 saturated heterocycles. The van der Waals surface area contributed by atoms with Crippen LogP contribution in [0.2, 0.25) is 0 Å². The summed E-state index contributed by atoms with van der Waals surface area (Å²) in [6.07, 6.45) is 2.64. The largest absolute Gasteiger partial charge is 0.428 e. The maximum absolute atomic E-state index is 5.47. The molecule has 0 amide bonds. The molecule has 3 N–H and O–H groups in total. The minimum atomic E-state index is 0.224. The number of anilines is 1. The zero-order valence-electron chi connectivity index (χ0n) is 7.37. The van der Waals surface area contributed by atoms with E-state index in [4.69, 9.17) is 10.2 Å². The van der Waals surface area contributed by atoms with E-state index >= 15 is 0 Å². The first-order valence-electron chi connectivity index (χ1n) is 4.20. The molecule has 0 aromatic carbocycles. The molecule has 4 heteroatoms. The molecule has 0 unspecified atom stereocenters. The lowest BCUT2D eigenvalue weighted by Crippen LogP contribution is -1.84. The van der Waals surface area contributed by atoms with Gasteiger partial charge in [-0.3, -0.25) is 0 Å². The van der Waals surface area contributed by atoms with Crippen LogP contribution >= 0.6 is 0 Å². The molecule has 0 radical (unpaired) electrons. The minimum absolute atomic E-state index is 0.224. The first kappa shape index (κ1) is 7.91. The van der Waals surface area contributed by atoms with Crippen LogP contribution in [0.25, 0.3) is 11.4 Å². The van der Waals surface area contributed by atoms with Gasteiger partial charge in [0.25, 0.3) is 6.01 Å². The van der Waals surface area contributed by atoms with Crippen molar-refractivity contribution in [3.63, 3.8) is 0 Å². The molecule has 0 aliphatic rings. The Balaban J connectivity index is 2.50. The van der Waals surface area contributed by atoms with E-state index in [2.05, 4.69) is 9.97 Å². The van der Waals surface area contributed by atoms with Crippen LogP contribution in [-0.4, -0.2) is 9.97 Å². The van der Waals surface area contributed by atoms with Gasteiger partial charge in [-0.05, 0) is 12.1 Å². The van der Waals surface area contributed by atoms with Gasteiger partial charge >= 0.3 is 0 Å². The molecular weight excluding hydrogens is 166 g/mol. The number of aryl methyl sites for hydroxylation is 1. The predicted molar refractivity (Wildman–Crippen MR) is 50.1 cm³/mol. The van der Waals surface area contributed by atoms with Gasteiger partial charge in [0.15, 0.2) is 0 Å². The monoisotopic (exact) mass is 177 g/mol. The summed E-state index contributed by atoms with van der Waals surface area (Å²) in [6, 6.07) is 4.08. The maximum Gasteiger partial charge on any atom is 0.292 e. The zero-order valence-corrected chi connectivity index (χ0v) is 7.37. The van der Waals surface area contributed by atoms with Gasteiger partial charge in [-0.1, -0.05) is 6.92 Å². The number of aromatic nitrogens is 2. The number of aromatic amines is 1. The molecule has 0 atom stereocenters. The second kappa shape index (κ2) is 2.97. The highest BCUT2D eigenvalue weighted by atomic mass is 16.4. The fraction of sp³-hybridized carbons (Fsp3) is 0.222. The van der Waals surface area contributed by atoms with Gasteiger partial charge in [0, 0.05) is 12.6 Å². The summed E-state index contributed by atoms with van der Waals surface area (Å²) in [4.78, 5) is 7.17. The van der Waals surface area contributed by atoms with E-state index in [-0.39, 0.29) is 6.01 Å². The summed E-state index contributed by atoms with van der Waals surface area (Å²) in [7, 11) is 0. The molecule has 0 aliphatic carbocycles. The van der Waals surface area contributed by atoms with Gasteiger partial charge in [-0.2, -0.15) is 4.98 Å². The molecule has 4 nitrogen and oxygen atoms in total. The Morgan fingerprint density at radius 2 is 2.46 bits per heavy atom. The number of hydrogen-bond donors (Lipinski definition) is 2. The van der Waals surface area contributed by atoms with Crippen LogP contribution < -0.4 is 5.73 Å². The molecule has 2 aromatic heterocycles. The lowest BCUT2D eigenvalue weighted by Gasteiger charge is -1.92. The highest BCUT2D eigenvalue weighted by Gasteiger charge is 2.11. The number of hydrogen-bond acceptors (Lipinski definition) is 3.